The molecule has 1 aromatic carbocycles. The van der Waals surface area contributed by atoms with E-state index < -0.39 is 0 Å². The predicted octanol–water partition coefficient (Wildman–Crippen LogP) is -0.452. The van der Waals surface area contributed by atoms with Gasteiger partial charge in [0.2, 0.25) is 0 Å². The first-order valence-corrected chi connectivity index (χ1v) is 6.32. The van der Waals surface area contributed by atoms with Crippen LogP contribution >= 0.6 is 12.6 Å². The molecular weight excluding hydrogens is 279 g/mol. The topological polar surface area (TPSA) is 59.2 Å². The Morgan fingerprint density at radius 3 is 2.45 bits per heavy atom. The molecular formula is C15H13N2NaOS. The minimum atomic E-state index is -0.367. The Hall–Kier alpha value is -0.990. The van der Waals surface area contributed by atoms with Crippen molar-refractivity contribution in [3.8, 4) is 6.07 Å². The van der Waals surface area contributed by atoms with Crippen LogP contribution in [-0.4, -0.2) is 5.71 Å². The maximum atomic E-state index is 11.9. The molecule has 20 heavy (non-hydrogen) atoms. The largest absolute Gasteiger partial charge is 1.00 e. The molecule has 1 aliphatic heterocycles. The molecule has 1 unspecified atom stereocenters. The zero-order chi connectivity index (χ0) is 14.0. The minimum Gasteiger partial charge on any atom is -0.875 e. The third-order valence-corrected chi connectivity index (χ3v) is 3.46. The van der Waals surface area contributed by atoms with Gasteiger partial charge in [-0.25, -0.2) is 4.99 Å². The first-order chi connectivity index (χ1) is 9.06. The Bertz CT molecular complexity index is 638. The molecule has 0 N–H and O–H groups in total. The van der Waals surface area contributed by atoms with Crippen molar-refractivity contribution in [3.63, 3.8) is 0 Å². The van der Waals surface area contributed by atoms with Gasteiger partial charge in [0.05, 0.1) is 11.6 Å². The molecule has 1 aliphatic rings. The molecule has 96 valence electrons. The van der Waals surface area contributed by atoms with Crippen LogP contribution in [0.25, 0.3) is 0 Å². The van der Waals surface area contributed by atoms with E-state index >= 15 is 0 Å². The van der Waals surface area contributed by atoms with Gasteiger partial charge >= 0.3 is 29.6 Å². The van der Waals surface area contributed by atoms with Crippen LogP contribution in [0.15, 0.2) is 57.3 Å². The second kappa shape index (κ2) is 7.14. The summed E-state index contributed by atoms with van der Waals surface area (Å²) in [5.41, 5.74) is 2.53. The van der Waals surface area contributed by atoms with Gasteiger partial charge in [-0.15, -0.1) is 18.4 Å². The second-order valence-electron chi connectivity index (χ2n) is 4.36. The van der Waals surface area contributed by atoms with Gasteiger partial charge < -0.3 is 5.11 Å². The molecule has 1 aromatic rings. The van der Waals surface area contributed by atoms with Crippen molar-refractivity contribution in [2.45, 2.75) is 19.8 Å². The van der Waals surface area contributed by atoms with E-state index in [-0.39, 0.29) is 41.2 Å². The van der Waals surface area contributed by atoms with Gasteiger partial charge in [-0.1, -0.05) is 37.3 Å². The number of allylic oxidation sites excluding steroid dienone is 3. The third-order valence-electron chi connectivity index (χ3n) is 3.11. The van der Waals surface area contributed by atoms with Gasteiger partial charge in [-0.2, -0.15) is 5.26 Å². The molecule has 1 atom stereocenters. The zero-order valence-electron chi connectivity index (χ0n) is 11.7. The second-order valence-corrected chi connectivity index (χ2v) is 4.78. The van der Waals surface area contributed by atoms with Crippen LogP contribution in [0.3, 0.4) is 0 Å². The average molecular weight is 292 g/mol. The van der Waals surface area contributed by atoms with Crippen molar-refractivity contribution in [3.05, 3.63) is 57.8 Å². The Balaban J connectivity index is 0.00000200. The maximum Gasteiger partial charge on any atom is 1.00 e. The molecule has 0 bridgehead atoms. The van der Waals surface area contributed by atoms with Crippen molar-refractivity contribution >= 4 is 18.3 Å². The molecule has 0 radical (unpaired) electrons. The molecule has 3 nitrogen and oxygen atoms in total. The van der Waals surface area contributed by atoms with E-state index in [1.807, 2.05) is 30.3 Å². The molecule has 0 spiro atoms. The summed E-state index contributed by atoms with van der Waals surface area (Å²) in [7, 11) is 0. The van der Waals surface area contributed by atoms with E-state index in [0.29, 0.717) is 21.9 Å². The van der Waals surface area contributed by atoms with Crippen LogP contribution in [0.2, 0.25) is 0 Å². The first-order valence-electron chi connectivity index (χ1n) is 5.88. The zero-order valence-corrected chi connectivity index (χ0v) is 14.6. The van der Waals surface area contributed by atoms with Gasteiger partial charge in [-0.3, -0.25) is 0 Å². The number of aliphatic imine (C=N–C) groups is 1. The summed E-state index contributed by atoms with van der Waals surface area (Å²) in [6.07, 6.45) is 0. The molecule has 0 saturated carbocycles. The average Bonchev–Trinajstić information content (AvgIpc) is 2.38. The number of benzene rings is 1. The summed E-state index contributed by atoms with van der Waals surface area (Å²) in [5.74, 6) is -0.433. The molecule has 5 heteroatoms. The van der Waals surface area contributed by atoms with Crippen LogP contribution in [0.1, 0.15) is 25.3 Å². The molecule has 0 aromatic heterocycles. The summed E-state index contributed by atoms with van der Waals surface area (Å²) >= 11 is 4.26. The van der Waals surface area contributed by atoms with Crippen LogP contribution < -0.4 is 34.7 Å². The summed E-state index contributed by atoms with van der Waals surface area (Å²) in [6.45, 7) is 3.28. The molecule has 0 saturated heterocycles. The van der Waals surface area contributed by atoms with Crippen LogP contribution in [0, 0.1) is 11.3 Å². The van der Waals surface area contributed by atoms with Crippen molar-refractivity contribution in [1.29, 1.82) is 5.26 Å². The first kappa shape index (κ1) is 17.1. The summed E-state index contributed by atoms with van der Waals surface area (Å²) in [4.78, 5) is 4.19. The van der Waals surface area contributed by atoms with E-state index in [9.17, 15) is 10.4 Å². The van der Waals surface area contributed by atoms with Crippen molar-refractivity contribution in [2.24, 2.45) is 4.99 Å². The monoisotopic (exact) mass is 292 g/mol. The molecule has 0 fully saturated rings. The van der Waals surface area contributed by atoms with Gasteiger partial charge in [-0.05, 0) is 18.1 Å². The number of nitrogens with zero attached hydrogens (tertiary/aromatic N) is 2. The minimum absolute atomic E-state index is 0. The number of hydrogen-bond donors (Lipinski definition) is 1. The number of rotatable bonds is 1. The van der Waals surface area contributed by atoms with Crippen LogP contribution in [0.5, 0.6) is 0 Å². The Labute approximate surface area is 146 Å². The van der Waals surface area contributed by atoms with Crippen LogP contribution in [0.4, 0.5) is 0 Å². The van der Waals surface area contributed by atoms with E-state index in [4.69, 9.17) is 0 Å². The van der Waals surface area contributed by atoms with E-state index in [0.717, 1.165) is 5.56 Å². The van der Waals surface area contributed by atoms with Crippen molar-refractivity contribution in [2.75, 3.05) is 0 Å². The predicted molar refractivity (Wildman–Crippen MR) is 76.6 cm³/mol. The maximum absolute atomic E-state index is 11.9. The molecule has 0 amide bonds. The summed E-state index contributed by atoms with van der Waals surface area (Å²) in [6, 6.07) is 11.6. The van der Waals surface area contributed by atoms with Crippen molar-refractivity contribution < 1.29 is 34.7 Å². The SMILES string of the molecule is CC1=NC(S)=C(C#N)C(c2ccccc2)/C1=C(\C)[O-].[Na+]. The van der Waals surface area contributed by atoms with Gasteiger partial charge in [0, 0.05) is 11.6 Å². The fourth-order valence-corrected chi connectivity index (χ4v) is 2.64. The van der Waals surface area contributed by atoms with Gasteiger partial charge in [0.25, 0.3) is 0 Å². The molecule has 2 rings (SSSR count). The fraction of sp³-hybridized carbons (Fsp3) is 0.200. The van der Waals surface area contributed by atoms with Crippen LogP contribution in [-0.2, 0) is 0 Å². The quantitative estimate of drug-likeness (QED) is 0.433. The van der Waals surface area contributed by atoms with Crippen molar-refractivity contribution in [1.82, 2.24) is 0 Å². The summed E-state index contributed by atoms with van der Waals surface area (Å²) in [5, 5.41) is 21.6. The van der Waals surface area contributed by atoms with E-state index in [1.54, 1.807) is 6.92 Å². The third kappa shape index (κ3) is 3.18. The Morgan fingerprint density at radius 1 is 1.35 bits per heavy atom. The van der Waals surface area contributed by atoms with Gasteiger partial charge in [0.1, 0.15) is 5.03 Å². The van der Waals surface area contributed by atoms with E-state index in [1.165, 1.54) is 6.92 Å². The summed E-state index contributed by atoms with van der Waals surface area (Å²) < 4.78 is 0. The van der Waals surface area contributed by atoms with Gasteiger partial charge in [0.15, 0.2) is 0 Å². The Morgan fingerprint density at radius 2 is 1.95 bits per heavy atom. The Kier molecular flexibility index (Phi) is 6.09. The number of thiol groups is 1. The standard InChI is InChI=1S/C15H14N2OS.Na/c1-9-13(10(2)18)14(11-6-4-3-5-7-11)12(8-16)15(19)17-9;/h3-7,14,18-19H,1-2H3;/q;+1/p-1/b13-10+;. The normalized spacial score (nSPS) is 20.7. The molecule has 0 aliphatic carbocycles. The number of hydrogen-bond acceptors (Lipinski definition) is 4. The number of nitriles is 1. The molecule has 1 heterocycles. The van der Waals surface area contributed by atoms with E-state index in [2.05, 4.69) is 23.7 Å². The smallest absolute Gasteiger partial charge is 0.875 e. The fourth-order valence-electron chi connectivity index (χ4n) is 2.31.